The van der Waals surface area contributed by atoms with Crippen molar-refractivity contribution in [1.82, 2.24) is 4.90 Å². The first-order valence-electron chi connectivity index (χ1n) is 7.18. The van der Waals surface area contributed by atoms with Crippen molar-refractivity contribution in [3.05, 3.63) is 54.1 Å². The van der Waals surface area contributed by atoms with Gasteiger partial charge in [-0.05, 0) is 42.0 Å². The maximum absolute atomic E-state index is 12.1. The first-order chi connectivity index (χ1) is 11.5. The van der Waals surface area contributed by atoms with Crippen LogP contribution in [0.2, 0.25) is 0 Å². The Labute approximate surface area is 138 Å². The quantitative estimate of drug-likeness (QED) is 0.869. The molecule has 0 aliphatic rings. The van der Waals surface area contributed by atoms with Crippen LogP contribution >= 0.6 is 0 Å². The highest BCUT2D eigenvalue weighted by Crippen LogP contribution is 2.17. The number of carbonyl (C=O) groups excluding carboxylic acids is 1. The van der Waals surface area contributed by atoms with Crippen molar-refractivity contribution in [2.24, 2.45) is 0 Å². The molecule has 0 aliphatic carbocycles. The van der Waals surface area contributed by atoms with Crippen molar-refractivity contribution in [3.8, 4) is 11.5 Å². The summed E-state index contributed by atoms with van der Waals surface area (Å²) >= 11 is 0. The van der Waals surface area contributed by atoms with Gasteiger partial charge >= 0.3 is 12.6 Å². The summed E-state index contributed by atoms with van der Waals surface area (Å²) in [6.07, 6.45) is 0. The Hall–Kier alpha value is -2.83. The molecule has 7 heteroatoms. The molecule has 0 saturated heterocycles. The van der Waals surface area contributed by atoms with Crippen molar-refractivity contribution in [3.63, 3.8) is 0 Å². The number of urea groups is 1. The molecule has 1 N–H and O–H groups in total. The Balaban J connectivity index is 1.90. The van der Waals surface area contributed by atoms with Gasteiger partial charge in [0.1, 0.15) is 11.5 Å². The van der Waals surface area contributed by atoms with E-state index >= 15 is 0 Å². The maximum Gasteiger partial charge on any atom is 0.387 e. The second-order valence-corrected chi connectivity index (χ2v) is 5.04. The Kier molecular flexibility index (Phi) is 5.95. The minimum Gasteiger partial charge on any atom is -0.497 e. The van der Waals surface area contributed by atoms with Crippen LogP contribution in [0.25, 0.3) is 0 Å². The molecule has 24 heavy (non-hydrogen) atoms. The van der Waals surface area contributed by atoms with Gasteiger partial charge in [0.15, 0.2) is 0 Å². The van der Waals surface area contributed by atoms with E-state index in [0.29, 0.717) is 18.0 Å². The molecule has 2 aromatic rings. The summed E-state index contributed by atoms with van der Waals surface area (Å²) in [7, 11) is 3.21. The molecule has 0 aliphatic heterocycles. The number of hydrogen-bond donors (Lipinski definition) is 1. The summed E-state index contributed by atoms with van der Waals surface area (Å²) in [4.78, 5) is 13.6. The SMILES string of the molecule is COc1ccc(NC(=O)N(C)Cc2ccc(OC(F)F)cc2)cc1. The monoisotopic (exact) mass is 336 g/mol. The van der Waals surface area contributed by atoms with Crippen molar-refractivity contribution >= 4 is 11.7 Å². The fourth-order valence-corrected chi connectivity index (χ4v) is 2.02. The van der Waals surface area contributed by atoms with Crippen LogP contribution in [0.3, 0.4) is 0 Å². The van der Waals surface area contributed by atoms with Gasteiger partial charge in [-0.3, -0.25) is 0 Å². The molecule has 2 rings (SSSR count). The molecule has 0 radical (unpaired) electrons. The number of amides is 2. The van der Waals surface area contributed by atoms with Crippen LogP contribution in [0.4, 0.5) is 19.3 Å². The van der Waals surface area contributed by atoms with Crippen molar-refractivity contribution in [1.29, 1.82) is 0 Å². The molecular weight excluding hydrogens is 318 g/mol. The fourth-order valence-electron chi connectivity index (χ4n) is 2.02. The van der Waals surface area contributed by atoms with E-state index in [1.54, 1.807) is 50.6 Å². The summed E-state index contributed by atoms with van der Waals surface area (Å²) in [6, 6.07) is 12.8. The highest BCUT2D eigenvalue weighted by Gasteiger charge is 2.10. The minimum absolute atomic E-state index is 0.0825. The van der Waals surface area contributed by atoms with E-state index in [0.717, 1.165) is 5.56 Å². The van der Waals surface area contributed by atoms with E-state index in [1.807, 2.05) is 0 Å². The van der Waals surface area contributed by atoms with Crippen LogP contribution in [0.15, 0.2) is 48.5 Å². The number of ether oxygens (including phenoxy) is 2. The molecule has 2 amide bonds. The minimum atomic E-state index is -2.85. The van der Waals surface area contributed by atoms with Gasteiger partial charge in [0.25, 0.3) is 0 Å². The summed E-state index contributed by atoms with van der Waals surface area (Å²) in [6.45, 7) is -2.52. The second-order valence-electron chi connectivity index (χ2n) is 5.04. The molecule has 5 nitrogen and oxygen atoms in total. The average molecular weight is 336 g/mol. The summed E-state index contributed by atoms with van der Waals surface area (Å²) in [5, 5.41) is 2.76. The van der Waals surface area contributed by atoms with Crippen LogP contribution in [0.5, 0.6) is 11.5 Å². The molecular formula is C17H18F2N2O3. The highest BCUT2D eigenvalue weighted by molar-refractivity contribution is 5.89. The third kappa shape index (κ3) is 5.12. The van der Waals surface area contributed by atoms with Crippen molar-refractivity contribution in [2.45, 2.75) is 13.2 Å². The van der Waals surface area contributed by atoms with Gasteiger partial charge < -0.3 is 19.7 Å². The lowest BCUT2D eigenvalue weighted by molar-refractivity contribution is -0.0498. The Morgan fingerprint density at radius 2 is 1.67 bits per heavy atom. The van der Waals surface area contributed by atoms with E-state index in [2.05, 4.69) is 10.1 Å². The van der Waals surface area contributed by atoms with Gasteiger partial charge in [-0.2, -0.15) is 8.78 Å². The number of nitrogens with zero attached hydrogens (tertiary/aromatic N) is 1. The zero-order valence-corrected chi connectivity index (χ0v) is 13.3. The lowest BCUT2D eigenvalue weighted by atomic mass is 10.2. The highest BCUT2D eigenvalue weighted by atomic mass is 19.3. The molecule has 0 atom stereocenters. The number of alkyl halides is 2. The summed E-state index contributed by atoms with van der Waals surface area (Å²) < 4.78 is 33.5. The van der Waals surface area contributed by atoms with E-state index in [-0.39, 0.29) is 11.8 Å². The maximum atomic E-state index is 12.1. The number of benzene rings is 2. The first kappa shape index (κ1) is 17.5. The van der Waals surface area contributed by atoms with Gasteiger partial charge in [0.2, 0.25) is 0 Å². The zero-order chi connectivity index (χ0) is 17.5. The molecule has 128 valence electrons. The molecule has 0 aromatic heterocycles. The second kappa shape index (κ2) is 8.14. The number of hydrogen-bond acceptors (Lipinski definition) is 3. The lowest BCUT2D eigenvalue weighted by Gasteiger charge is -2.18. The Morgan fingerprint density at radius 1 is 1.08 bits per heavy atom. The molecule has 0 heterocycles. The summed E-state index contributed by atoms with van der Waals surface area (Å²) in [5.41, 5.74) is 1.44. The first-order valence-corrected chi connectivity index (χ1v) is 7.18. The topological polar surface area (TPSA) is 50.8 Å². The fraction of sp³-hybridized carbons (Fsp3) is 0.235. The third-order valence-corrected chi connectivity index (χ3v) is 3.26. The molecule has 0 unspecified atom stereocenters. The standard InChI is InChI=1S/C17H18F2N2O3/c1-21(11-12-3-7-15(8-4-12)24-16(18)19)17(22)20-13-5-9-14(23-2)10-6-13/h3-10,16H,11H2,1-2H3,(H,20,22). The van der Waals surface area contributed by atoms with E-state index in [4.69, 9.17) is 4.74 Å². The third-order valence-electron chi connectivity index (χ3n) is 3.26. The molecule has 0 fully saturated rings. The van der Waals surface area contributed by atoms with E-state index in [9.17, 15) is 13.6 Å². The largest absolute Gasteiger partial charge is 0.497 e. The number of halogens is 2. The average Bonchev–Trinajstić information content (AvgIpc) is 2.56. The number of nitrogens with one attached hydrogen (secondary N) is 1. The van der Waals surface area contributed by atoms with Gasteiger partial charge in [0.05, 0.1) is 7.11 Å². The van der Waals surface area contributed by atoms with Crippen LogP contribution in [0.1, 0.15) is 5.56 Å². The van der Waals surface area contributed by atoms with Crippen LogP contribution in [-0.2, 0) is 6.54 Å². The molecule has 0 bridgehead atoms. The Bertz CT molecular complexity index is 661. The number of carbonyl (C=O) groups is 1. The van der Waals surface area contributed by atoms with Crippen molar-refractivity contribution in [2.75, 3.05) is 19.5 Å². The predicted octanol–water partition coefficient (Wildman–Crippen LogP) is 3.96. The molecule has 0 saturated carbocycles. The van der Waals surface area contributed by atoms with E-state index < -0.39 is 6.61 Å². The van der Waals surface area contributed by atoms with Gasteiger partial charge in [-0.25, -0.2) is 4.79 Å². The number of rotatable bonds is 6. The van der Waals surface area contributed by atoms with Crippen molar-refractivity contribution < 1.29 is 23.0 Å². The lowest BCUT2D eigenvalue weighted by Crippen LogP contribution is -2.30. The zero-order valence-electron chi connectivity index (χ0n) is 13.3. The van der Waals surface area contributed by atoms with E-state index in [1.165, 1.54) is 17.0 Å². The normalized spacial score (nSPS) is 10.4. The number of methoxy groups -OCH3 is 1. The number of anilines is 1. The molecule has 0 spiro atoms. The molecule has 2 aromatic carbocycles. The summed E-state index contributed by atoms with van der Waals surface area (Å²) in [5.74, 6) is 0.784. The van der Waals surface area contributed by atoms with Crippen LogP contribution in [-0.4, -0.2) is 31.7 Å². The van der Waals surface area contributed by atoms with Gasteiger partial charge in [0, 0.05) is 19.3 Å². The smallest absolute Gasteiger partial charge is 0.387 e. The van der Waals surface area contributed by atoms with Gasteiger partial charge in [-0.15, -0.1) is 0 Å². The predicted molar refractivity (Wildman–Crippen MR) is 86.6 cm³/mol. The Morgan fingerprint density at radius 3 is 2.21 bits per heavy atom. The van der Waals surface area contributed by atoms with Gasteiger partial charge in [-0.1, -0.05) is 12.1 Å². The van der Waals surface area contributed by atoms with Crippen LogP contribution in [0, 0.1) is 0 Å². The van der Waals surface area contributed by atoms with Crippen LogP contribution < -0.4 is 14.8 Å².